The lowest BCUT2D eigenvalue weighted by Crippen LogP contribution is -2.67. The van der Waals surface area contributed by atoms with Crippen molar-refractivity contribution in [3.63, 3.8) is 0 Å². The van der Waals surface area contributed by atoms with Gasteiger partial charge in [0.25, 0.3) is 17.7 Å². The molecule has 0 unspecified atom stereocenters. The summed E-state index contributed by atoms with van der Waals surface area (Å²) >= 11 is 0. The molecule has 3 aromatic carbocycles. The van der Waals surface area contributed by atoms with Crippen molar-refractivity contribution in [3.8, 4) is 0 Å². The smallest absolute Gasteiger partial charge is 0.340 e. The third-order valence-electron chi connectivity index (χ3n) is 11.9. The Hall–Kier alpha value is -4.78. The van der Waals surface area contributed by atoms with Crippen LogP contribution in [0.4, 0.5) is 11.4 Å². The van der Waals surface area contributed by atoms with Crippen molar-refractivity contribution in [2.45, 2.75) is 37.0 Å². The number of morpholine rings is 2. The van der Waals surface area contributed by atoms with E-state index in [-0.39, 0.29) is 19.0 Å². The molecule has 3 aromatic rings. The van der Waals surface area contributed by atoms with Crippen molar-refractivity contribution in [1.29, 1.82) is 0 Å². The van der Waals surface area contributed by atoms with Crippen molar-refractivity contribution < 1.29 is 33.4 Å². The van der Waals surface area contributed by atoms with E-state index in [0.29, 0.717) is 43.1 Å². The van der Waals surface area contributed by atoms with Gasteiger partial charge in [0, 0.05) is 85.0 Å². The third-order valence-corrected chi connectivity index (χ3v) is 17.2. The van der Waals surface area contributed by atoms with Crippen molar-refractivity contribution >= 4 is 53.5 Å². The highest BCUT2D eigenvalue weighted by Gasteiger charge is 2.58. The van der Waals surface area contributed by atoms with Crippen LogP contribution in [-0.2, 0) is 29.4 Å². The van der Waals surface area contributed by atoms with Gasteiger partial charge >= 0.3 is 5.97 Å². The number of esters is 1. The molecular weight excluding hydrogens is 677 g/mol. The molecule has 52 heavy (non-hydrogen) atoms. The summed E-state index contributed by atoms with van der Waals surface area (Å²) in [6.45, 7) is 6.21. The summed E-state index contributed by atoms with van der Waals surface area (Å²) in [5.74, 6) is -1.55. The molecule has 3 amide bonds. The normalized spacial score (nSPS) is 21.3. The Morgan fingerprint density at radius 1 is 0.712 bits per heavy atom. The second-order valence-corrected chi connectivity index (χ2v) is 18.8. The average molecular weight is 719 g/mol. The van der Waals surface area contributed by atoms with Gasteiger partial charge in [0.1, 0.15) is 8.07 Å². The number of rotatable bonds is 6. The molecular formula is C40H42N4O7Si. The summed E-state index contributed by atoms with van der Waals surface area (Å²) in [6.07, 6.45) is 5.99. The maximum Gasteiger partial charge on any atom is 0.340 e. The van der Waals surface area contributed by atoms with Crippen LogP contribution in [0.3, 0.4) is 0 Å². The molecule has 0 saturated carbocycles. The van der Waals surface area contributed by atoms with Crippen LogP contribution in [-0.4, -0.2) is 102 Å². The zero-order chi connectivity index (χ0) is 35.5. The lowest BCUT2D eigenvalue weighted by atomic mass is 9.78. The van der Waals surface area contributed by atoms with Gasteiger partial charge in [-0.15, -0.1) is 0 Å². The Kier molecular flexibility index (Phi) is 8.28. The molecule has 268 valence electrons. The summed E-state index contributed by atoms with van der Waals surface area (Å²) < 4.78 is 18.1. The predicted octanol–water partition coefficient (Wildman–Crippen LogP) is 2.54. The van der Waals surface area contributed by atoms with Crippen LogP contribution in [0.25, 0.3) is 0 Å². The number of nitrogens with one attached hydrogen (secondary N) is 1. The topological polar surface area (TPSA) is 118 Å². The van der Waals surface area contributed by atoms with Crippen LogP contribution < -0.4 is 25.5 Å². The van der Waals surface area contributed by atoms with E-state index in [2.05, 4.69) is 51.5 Å². The first kappa shape index (κ1) is 33.1. The van der Waals surface area contributed by atoms with Gasteiger partial charge in [-0.05, 0) is 64.9 Å². The number of benzene rings is 3. The van der Waals surface area contributed by atoms with Gasteiger partial charge in [-0.25, -0.2) is 4.79 Å². The first-order valence-electron chi connectivity index (χ1n) is 18.5. The number of nitrogens with zero attached hydrogens (tertiary/aromatic N) is 3. The first-order valence-corrected chi connectivity index (χ1v) is 21.0. The standard InChI is InChI=1S/C40H42N4O7Si/c45-36-10-11-37(46)44(36)13-12-41-38(47)27-4-7-30-33(24-27)40(51-39(30)48)31-8-5-28(42-14-18-49-19-15-42)25-34(31)52(22-2-1-3-23-52)35-26-29(6-9-32(35)40)43-16-20-50-21-17-43/h4-11,24-26H,1-3,12-23H2,(H,41,47). The molecule has 6 aliphatic heterocycles. The van der Waals surface area contributed by atoms with Gasteiger partial charge in [0.05, 0.1) is 32.0 Å². The van der Waals surface area contributed by atoms with Gasteiger partial charge in [-0.2, -0.15) is 0 Å². The van der Waals surface area contributed by atoms with Gasteiger partial charge < -0.3 is 29.3 Å². The van der Waals surface area contributed by atoms with Crippen LogP contribution in [0, 0.1) is 0 Å². The van der Waals surface area contributed by atoms with Gasteiger partial charge in [-0.1, -0.05) is 31.4 Å². The van der Waals surface area contributed by atoms with E-state index in [9.17, 15) is 19.2 Å². The van der Waals surface area contributed by atoms with Crippen molar-refractivity contribution in [1.82, 2.24) is 10.2 Å². The second-order valence-electron chi connectivity index (χ2n) is 14.5. The van der Waals surface area contributed by atoms with Crippen LogP contribution in [0.2, 0.25) is 12.1 Å². The number of amides is 3. The molecule has 12 heteroatoms. The molecule has 11 nitrogen and oxygen atoms in total. The molecule has 0 atom stereocenters. The summed E-state index contributed by atoms with van der Waals surface area (Å²) in [4.78, 5) is 57.6. The van der Waals surface area contributed by atoms with E-state index in [1.165, 1.54) is 40.3 Å². The molecule has 0 bridgehead atoms. The minimum atomic E-state index is -2.37. The van der Waals surface area contributed by atoms with Crippen LogP contribution >= 0.6 is 0 Å². The fraction of sp³-hybridized carbons (Fsp3) is 0.400. The molecule has 1 N–H and O–H groups in total. The Labute approximate surface area is 303 Å². The maximum absolute atomic E-state index is 14.0. The van der Waals surface area contributed by atoms with Gasteiger partial charge in [0.15, 0.2) is 5.60 Å². The predicted molar refractivity (Wildman–Crippen MR) is 197 cm³/mol. The fourth-order valence-electron chi connectivity index (χ4n) is 9.33. The largest absolute Gasteiger partial charge is 0.441 e. The number of carbonyl (C=O) groups excluding carboxylic acids is 4. The van der Waals surface area contributed by atoms with Gasteiger partial charge in [-0.3, -0.25) is 19.3 Å². The van der Waals surface area contributed by atoms with E-state index in [1.54, 1.807) is 12.1 Å². The Morgan fingerprint density at radius 3 is 1.87 bits per heavy atom. The van der Waals surface area contributed by atoms with Crippen LogP contribution in [0.1, 0.15) is 56.7 Å². The van der Waals surface area contributed by atoms with Crippen LogP contribution in [0.15, 0.2) is 66.7 Å². The first-order chi connectivity index (χ1) is 25.4. The summed E-state index contributed by atoms with van der Waals surface area (Å²) in [5.41, 5.74) is 4.62. The number of hydrogen-bond acceptors (Lipinski definition) is 9. The number of anilines is 2. The average Bonchev–Trinajstić information content (AvgIpc) is 3.68. The molecule has 2 spiro atoms. The van der Waals surface area contributed by atoms with E-state index in [1.807, 2.05) is 6.07 Å². The zero-order valence-electron chi connectivity index (χ0n) is 29.2. The SMILES string of the molecule is O=C(NCCN1C(=O)C=CC1=O)c1ccc2c(c1)C1(OC2=O)c2ccc(N3CCOCC3)cc2[Si]2(CCCCC2)c2cc(N3CCOCC3)ccc21. The molecule has 3 fully saturated rings. The number of carbonyl (C=O) groups is 4. The van der Waals surface area contributed by atoms with Crippen LogP contribution in [0.5, 0.6) is 0 Å². The second kappa shape index (κ2) is 13.0. The van der Waals surface area contributed by atoms with Crippen molar-refractivity contribution in [2.24, 2.45) is 0 Å². The minimum Gasteiger partial charge on any atom is -0.441 e. The Balaban J connectivity index is 1.18. The van der Waals surface area contributed by atoms with Gasteiger partial charge in [0.2, 0.25) is 0 Å². The molecule has 6 aliphatic rings. The van der Waals surface area contributed by atoms with E-state index >= 15 is 0 Å². The summed E-state index contributed by atoms with van der Waals surface area (Å²) in [5, 5.41) is 5.52. The maximum atomic E-state index is 14.0. The minimum absolute atomic E-state index is 0.0668. The third kappa shape index (κ3) is 5.21. The molecule has 0 aliphatic carbocycles. The van der Waals surface area contributed by atoms with Crippen molar-refractivity contribution in [3.05, 3.63) is 94.6 Å². The molecule has 0 aromatic heterocycles. The van der Waals surface area contributed by atoms with Crippen molar-refractivity contribution in [2.75, 3.05) is 75.5 Å². The Bertz CT molecular complexity index is 1920. The molecule has 6 heterocycles. The Morgan fingerprint density at radius 2 is 1.29 bits per heavy atom. The van der Waals surface area contributed by atoms with E-state index in [4.69, 9.17) is 14.2 Å². The molecule has 3 saturated heterocycles. The monoisotopic (exact) mass is 718 g/mol. The highest BCUT2D eigenvalue weighted by molar-refractivity contribution is 7.03. The highest BCUT2D eigenvalue weighted by atomic mass is 28.3. The number of hydrogen-bond donors (Lipinski definition) is 1. The number of imide groups is 1. The fourth-order valence-corrected chi connectivity index (χ4v) is 15.1. The molecule has 9 rings (SSSR count). The summed E-state index contributed by atoms with van der Waals surface area (Å²) in [6, 6.07) is 20.9. The van der Waals surface area contributed by atoms with E-state index in [0.717, 1.165) is 67.1 Å². The highest BCUT2D eigenvalue weighted by Crippen LogP contribution is 2.51. The molecule has 0 radical (unpaired) electrons. The zero-order valence-corrected chi connectivity index (χ0v) is 30.2. The lowest BCUT2D eigenvalue weighted by molar-refractivity contribution is -0.136. The summed E-state index contributed by atoms with van der Waals surface area (Å²) in [7, 11) is -2.37. The quantitative estimate of drug-likeness (QED) is 0.233. The number of fused-ring (bicyclic) bond motifs is 8. The number of ether oxygens (including phenoxy) is 3. The van der Waals surface area contributed by atoms with E-state index < -0.39 is 31.5 Å². The lowest BCUT2D eigenvalue weighted by Gasteiger charge is -2.49.